The molecule has 1 heterocycles. The summed E-state index contributed by atoms with van der Waals surface area (Å²) in [7, 11) is 1.18. The molecule has 0 aliphatic heterocycles. The van der Waals surface area contributed by atoms with Gasteiger partial charge in [-0.15, -0.1) is 0 Å². The lowest BCUT2D eigenvalue weighted by Crippen LogP contribution is -1.98. The van der Waals surface area contributed by atoms with Crippen molar-refractivity contribution >= 4 is 15.9 Å². The van der Waals surface area contributed by atoms with Crippen molar-refractivity contribution in [1.82, 2.24) is 4.98 Å². The molecule has 0 aromatic carbocycles. The van der Waals surface area contributed by atoms with Crippen molar-refractivity contribution in [3.05, 3.63) is 22.2 Å². The van der Waals surface area contributed by atoms with Crippen molar-refractivity contribution < 1.29 is 17.9 Å². The molecule has 0 saturated carbocycles. The summed E-state index contributed by atoms with van der Waals surface area (Å²) in [4.78, 5) is 3.31. The van der Waals surface area contributed by atoms with Crippen molar-refractivity contribution in [3.8, 4) is 5.75 Å². The van der Waals surface area contributed by atoms with Gasteiger partial charge in [0.05, 0.1) is 7.11 Å². The Morgan fingerprint density at radius 2 is 2.15 bits per heavy atom. The molecule has 0 N–H and O–H groups in total. The Morgan fingerprint density at radius 3 is 2.62 bits per heavy atom. The highest BCUT2D eigenvalue weighted by Gasteiger charge is 2.18. The van der Waals surface area contributed by atoms with E-state index in [1.54, 1.807) is 0 Å². The first-order chi connectivity index (χ1) is 6.06. The average Bonchev–Trinajstić information content (AvgIpc) is 2.08. The molecule has 0 atom stereocenters. The summed E-state index contributed by atoms with van der Waals surface area (Å²) in [5.41, 5.74) is -0.573. The lowest BCUT2D eigenvalue weighted by molar-refractivity contribution is 0.141. The Hall–Kier alpha value is -0.780. The van der Waals surface area contributed by atoms with Gasteiger partial charge in [-0.2, -0.15) is 0 Å². The Bertz CT molecular complexity index is 319. The molecule has 1 aromatic heterocycles. The number of halogens is 4. The second-order valence-electron chi connectivity index (χ2n) is 2.15. The Kier molecular flexibility index (Phi) is 3.13. The molecule has 0 aliphatic carbocycles. The number of hydrogen-bond acceptors (Lipinski definition) is 2. The van der Waals surface area contributed by atoms with Crippen molar-refractivity contribution in [1.29, 1.82) is 0 Å². The first-order valence-corrected chi connectivity index (χ1v) is 4.03. The van der Waals surface area contributed by atoms with Crippen LogP contribution in [0.15, 0.2) is 10.7 Å². The van der Waals surface area contributed by atoms with E-state index in [9.17, 15) is 13.2 Å². The van der Waals surface area contributed by atoms with Gasteiger partial charge in [0.15, 0.2) is 5.82 Å². The van der Waals surface area contributed by atoms with Crippen molar-refractivity contribution in [2.75, 3.05) is 7.11 Å². The molecule has 2 nitrogen and oxygen atoms in total. The summed E-state index contributed by atoms with van der Waals surface area (Å²) in [5.74, 6) is -0.989. The summed E-state index contributed by atoms with van der Waals surface area (Å²) in [6.07, 6.45) is -2.79. The summed E-state index contributed by atoms with van der Waals surface area (Å²) in [6, 6.07) is 0.860. The molecule has 0 amide bonds. The third-order valence-electron chi connectivity index (χ3n) is 1.35. The number of aromatic nitrogens is 1. The van der Waals surface area contributed by atoms with E-state index in [0.29, 0.717) is 0 Å². The smallest absolute Gasteiger partial charge is 0.284 e. The SMILES string of the molecule is COc1cc(F)c(Br)nc1C(F)F. The van der Waals surface area contributed by atoms with E-state index in [1.165, 1.54) is 7.11 Å². The predicted octanol–water partition coefficient (Wildman–Crippen LogP) is 2.93. The summed E-state index contributed by atoms with van der Waals surface area (Å²) < 4.78 is 41.5. The fourth-order valence-electron chi connectivity index (χ4n) is 0.783. The van der Waals surface area contributed by atoms with Gasteiger partial charge in [-0.1, -0.05) is 0 Å². The molecular weight excluding hydrogens is 251 g/mol. The molecule has 1 aromatic rings. The molecule has 1 rings (SSSR count). The van der Waals surface area contributed by atoms with Gasteiger partial charge in [0, 0.05) is 6.07 Å². The largest absolute Gasteiger partial charge is 0.495 e. The number of alkyl halides is 2. The van der Waals surface area contributed by atoms with Gasteiger partial charge in [-0.05, 0) is 15.9 Å². The van der Waals surface area contributed by atoms with Crippen molar-refractivity contribution in [3.63, 3.8) is 0 Å². The number of hydrogen-bond donors (Lipinski definition) is 0. The zero-order valence-corrected chi connectivity index (χ0v) is 8.11. The summed E-state index contributed by atoms with van der Waals surface area (Å²) in [5, 5.41) is 0. The third-order valence-corrected chi connectivity index (χ3v) is 1.91. The number of methoxy groups -OCH3 is 1. The Morgan fingerprint density at radius 1 is 1.54 bits per heavy atom. The lowest BCUT2D eigenvalue weighted by atomic mass is 10.3. The zero-order valence-electron chi connectivity index (χ0n) is 6.52. The maximum Gasteiger partial charge on any atom is 0.284 e. The normalized spacial score (nSPS) is 10.6. The highest BCUT2D eigenvalue weighted by atomic mass is 79.9. The zero-order chi connectivity index (χ0) is 10.0. The highest BCUT2D eigenvalue weighted by molar-refractivity contribution is 9.10. The first kappa shape index (κ1) is 10.3. The van der Waals surface area contributed by atoms with Crippen LogP contribution in [-0.4, -0.2) is 12.1 Å². The Labute approximate surface area is 80.9 Å². The average molecular weight is 256 g/mol. The van der Waals surface area contributed by atoms with Gasteiger partial charge in [0.2, 0.25) is 0 Å². The molecule has 13 heavy (non-hydrogen) atoms. The quantitative estimate of drug-likeness (QED) is 0.759. The topological polar surface area (TPSA) is 22.1 Å². The fraction of sp³-hybridized carbons (Fsp3) is 0.286. The standard InChI is InChI=1S/C7H5BrF3NO/c1-13-4-2-3(9)6(8)12-5(4)7(10)11/h2,7H,1H3. The number of nitrogens with zero attached hydrogens (tertiary/aromatic N) is 1. The van der Waals surface area contributed by atoms with Gasteiger partial charge in [0.25, 0.3) is 6.43 Å². The highest BCUT2D eigenvalue weighted by Crippen LogP contribution is 2.29. The number of ether oxygens (including phenoxy) is 1. The van der Waals surface area contributed by atoms with E-state index in [0.717, 1.165) is 6.07 Å². The van der Waals surface area contributed by atoms with E-state index in [1.807, 2.05) is 0 Å². The van der Waals surface area contributed by atoms with E-state index in [-0.39, 0.29) is 10.4 Å². The second kappa shape index (κ2) is 3.95. The second-order valence-corrected chi connectivity index (χ2v) is 2.90. The molecule has 0 bridgehead atoms. The lowest BCUT2D eigenvalue weighted by Gasteiger charge is -2.07. The maximum absolute atomic E-state index is 12.8. The molecular formula is C7H5BrF3NO. The Balaban J connectivity index is 3.25. The fourth-order valence-corrected chi connectivity index (χ4v) is 1.09. The molecule has 0 aliphatic rings. The van der Waals surface area contributed by atoms with Gasteiger partial charge >= 0.3 is 0 Å². The van der Waals surface area contributed by atoms with Crippen LogP contribution in [0.25, 0.3) is 0 Å². The van der Waals surface area contributed by atoms with Crippen LogP contribution in [0.5, 0.6) is 5.75 Å². The molecule has 0 spiro atoms. The minimum Gasteiger partial charge on any atom is -0.495 e. The van der Waals surface area contributed by atoms with Crippen LogP contribution in [-0.2, 0) is 0 Å². The van der Waals surface area contributed by atoms with Gasteiger partial charge in [-0.25, -0.2) is 18.2 Å². The molecule has 0 saturated heterocycles. The van der Waals surface area contributed by atoms with Gasteiger partial charge in [0.1, 0.15) is 16.0 Å². The third kappa shape index (κ3) is 2.12. The van der Waals surface area contributed by atoms with Gasteiger partial charge < -0.3 is 4.74 Å². The molecule has 0 radical (unpaired) electrons. The van der Waals surface area contributed by atoms with Crippen LogP contribution < -0.4 is 4.74 Å². The van der Waals surface area contributed by atoms with E-state index >= 15 is 0 Å². The van der Waals surface area contributed by atoms with E-state index in [4.69, 9.17) is 0 Å². The molecule has 72 valence electrons. The minimum atomic E-state index is -2.79. The summed E-state index contributed by atoms with van der Waals surface area (Å²) in [6.45, 7) is 0. The number of pyridine rings is 1. The van der Waals surface area contributed by atoms with Crippen LogP contribution in [0.3, 0.4) is 0 Å². The molecule has 0 unspecified atom stereocenters. The van der Waals surface area contributed by atoms with Crippen LogP contribution >= 0.6 is 15.9 Å². The summed E-state index contributed by atoms with van der Waals surface area (Å²) >= 11 is 2.70. The molecule has 0 fully saturated rings. The first-order valence-electron chi connectivity index (χ1n) is 3.24. The minimum absolute atomic E-state index is 0.247. The van der Waals surface area contributed by atoms with Crippen LogP contribution in [0.4, 0.5) is 13.2 Å². The van der Waals surface area contributed by atoms with Crippen molar-refractivity contribution in [2.24, 2.45) is 0 Å². The van der Waals surface area contributed by atoms with Crippen LogP contribution in [0.2, 0.25) is 0 Å². The van der Waals surface area contributed by atoms with Crippen molar-refractivity contribution in [2.45, 2.75) is 6.43 Å². The van der Waals surface area contributed by atoms with Crippen LogP contribution in [0, 0.1) is 5.82 Å². The monoisotopic (exact) mass is 255 g/mol. The maximum atomic E-state index is 12.8. The molecule has 6 heteroatoms. The number of rotatable bonds is 2. The van der Waals surface area contributed by atoms with Gasteiger partial charge in [-0.3, -0.25) is 0 Å². The van der Waals surface area contributed by atoms with E-state index < -0.39 is 17.9 Å². The predicted molar refractivity (Wildman–Crippen MR) is 43.4 cm³/mol. The van der Waals surface area contributed by atoms with E-state index in [2.05, 4.69) is 25.7 Å². The van der Waals surface area contributed by atoms with Crippen LogP contribution in [0.1, 0.15) is 12.1 Å².